The molecule has 1 atom stereocenters. The lowest BCUT2D eigenvalue weighted by Gasteiger charge is -2.15. The van der Waals surface area contributed by atoms with Crippen LogP contribution in [0.15, 0.2) is 36.4 Å². The SMILES string of the molecule is NC(Cc1c(Cl)cccc1Cl)c1ccc(I)c(Cl)c1. The van der Waals surface area contributed by atoms with Gasteiger partial charge in [0.2, 0.25) is 0 Å². The van der Waals surface area contributed by atoms with Crippen LogP contribution >= 0.6 is 57.4 Å². The van der Waals surface area contributed by atoms with Crippen molar-refractivity contribution in [1.82, 2.24) is 0 Å². The summed E-state index contributed by atoms with van der Waals surface area (Å²) in [5.41, 5.74) is 8.05. The summed E-state index contributed by atoms with van der Waals surface area (Å²) in [4.78, 5) is 0. The van der Waals surface area contributed by atoms with Crippen LogP contribution in [0, 0.1) is 3.57 Å². The lowest BCUT2D eigenvalue weighted by molar-refractivity contribution is 0.722. The third-order valence-electron chi connectivity index (χ3n) is 2.86. The Balaban J connectivity index is 2.25. The van der Waals surface area contributed by atoms with E-state index in [1.165, 1.54) is 0 Å². The summed E-state index contributed by atoms with van der Waals surface area (Å²) in [7, 11) is 0. The molecule has 1 nitrogen and oxygen atoms in total. The highest BCUT2D eigenvalue weighted by molar-refractivity contribution is 14.1. The fourth-order valence-electron chi connectivity index (χ4n) is 1.81. The van der Waals surface area contributed by atoms with Crippen LogP contribution < -0.4 is 5.73 Å². The lowest BCUT2D eigenvalue weighted by atomic mass is 10.00. The van der Waals surface area contributed by atoms with Crippen LogP contribution in [0.3, 0.4) is 0 Å². The zero-order chi connectivity index (χ0) is 14.0. The molecule has 0 aliphatic carbocycles. The number of nitrogens with two attached hydrogens (primary N) is 1. The molecule has 0 aromatic heterocycles. The Morgan fingerprint density at radius 3 is 2.21 bits per heavy atom. The van der Waals surface area contributed by atoms with Gasteiger partial charge in [-0.2, -0.15) is 0 Å². The summed E-state index contributed by atoms with van der Waals surface area (Å²) < 4.78 is 1.01. The minimum atomic E-state index is -0.188. The maximum absolute atomic E-state index is 6.21. The molecule has 5 heteroatoms. The van der Waals surface area contributed by atoms with Gasteiger partial charge in [0.1, 0.15) is 0 Å². The Bertz CT molecular complexity index is 581. The standard InChI is InChI=1S/C14H11Cl3IN/c15-10-2-1-3-11(16)9(10)7-14(19)8-4-5-13(18)12(17)6-8/h1-6,14H,7,19H2. The molecule has 0 aliphatic heterocycles. The second-order valence-electron chi connectivity index (χ2n) is 4.18. The molecule has 0 saturated heterocycles. The number of halogens is 4. The summed E-state index contributed by atoms with van der Waals surface area (Å²) in [6.07, 6.45) is 0.579. The average molecular weight is 427 g/mol. The molecule has 2 N–H and O–H groups in total. The Labute approximate surface area is 141 Å². The molecule has 0 amide bonds. The smallest absolute Gasteiger partial charge is 0.0542 e. The minimum Gasteiger partial charge on any atom is -0.324 e. The molecular weight excluding hydrogens is 415 g/mol. The van der Waals surface area contributed by atoms with Crippen molar-refractivity contribution in [2.75, 3.05) is 0 Å². The first-order valence-electron chi connectivity index (χ1n) is 5.62. The van der Waals surface area contributed by atoms with Crippen LogP contribution in [-0.4, -0.2) is 0 Å². The van der Waals surface area contributed by atoms with Crippen molar-refractivity contribution < 1.29 is 0 Å². The van der Waals surface area contributed by atoms with Gasteiger partial charge in [0.25, 0.3) is 0 Å². The van der Waals surface area contributed by atoms with Gasteiger partial charge in [0.15, 0.2) is 0 Å². The van der Waals surface area contributed by atoms with Crippen molar-refractivity contribution in [3.05, 3.63) is 66.2 Å². The third-order valence-corrected chi connectivity index (χ3v) is 5.14. The van der Waals surface area contributed by atoms with E-state index < -0.39 is 0 Å². The van der Waals surface area contributed by atoms with E-state index in [9.17, 15) is 0 Å². The Morgan fingerprint density at radius 2 is 1.63 bits per heavy atom. The van der Waals surface area contributed by atoms with Crippen LogP contribution in [0.25, 0.3) is 0 Å². The molecule has 2 aromatic rings. The first kappa shape index (κ1) is 15.4. The van der Waals surface area contributed by atoms with E-state index in [2.05, 4.69) is 22.6 Å². The summed E-state index contributed by atoms with van der Waals surface area (Å²) in [6, 6.07) is 11.1. The van der Waals surface area contributed by atoms with Crippen LogP contribution in [-0.2, 0) is 6.42 Å². The molecule has 0 heterocycles. The Morgan fingerprint density at radius 1 is 1.00 bits per heavy atom. The molecule has 0 saturated carbocycles. The van der Waals surface area contributed by atoms with E-state index in [-0.39, 0.29) is 6.04 Å². The van der Waals surface area contributed by atoms with Crippen LogP contribution in [0.2, 0.25) is 15.1 Å². The third kappa shape index (κ3) is 3.76. The summed E-state index contributed by atoms with van der Waals surface area (Å²) >= 11 is 20.6. The monoisotopic (exact) mass is 425 g/mol. The number of hydrogen-bond donors (Lipinski definition) is 1. The largest absolute Gasteiger partial charge is 0.324 e. The van der Waals surface area contributed by atoms with Crippen molar-refractivity contribution in [1.29, 1.82) is 0 Å². The van der Waals surface area contributed by atoms with Crippen LogP contribution in [0.1, 0.15) is 17.2 Å². The topological polar surface area (TPSA) is 26.0 Å². The molecule has 0 bridgehead atoms. The van der Waals surface area contributed by atoms with Gasteiger partial charge in [-0.25, -0.2) is 0 Å². The van der Waals surface area contributed by atoms with Gasteiger partial charge in [0, 0.05) is 19.7 Å². The second-order valence-corrected chi connectivity index (χ2v) is 6.57. The molecule has 100 valence electrons. The van der Waals surface area contributed by atoms with Gasteiger partial charge in [-0.15, -0.1) is 0 Å². The average Bonchev–Trinajstić information content (AvgIpc) is 2.37. The minimum absolute atomic E-state index is 0.188. The van der Waals surface area contributed by atoms with Crippen LogP contribution in [0.5, 0.6) is 0 Å². The Hall–Kier alpha value is -0.0000000000000000555. The normalized spacial score (nSPS) is 12.5. The van der Waals surface area contributed by atoms with Gasteiger partial charge < -0.3 is 5.73 Å². The van der Waals surface area contributed by atoms with Crippen molar-refractivity contribution in [3.63, 3.8) is 0 Å². The Kier molecular flexibility index (Phi) is 5.37. The number of rotatable bonds is 3. The van der Waals surface area contributed by atoms with E-state index in [1.54, 1.807) is 0 Å². The number of benzene rings is 2. The molecule has 2 rings (SSSR count). The maximum Gasteiger partial charge on any atom is 0.0542 e. The van der Waals surface area contributed by atoms with E-state index in [4.69, 9.17) is 40.5 Å². The quantitative estimate of drug-likeness (QED) is 0.645. The fraction of sp³-hybridized carbons (Fsp3) is 0.143. The highest BCUT2D eigenvalue weighted by Gasteiger charge is 2.13. The second kappa shape index (κ2) is 6.64. The van der Waals surface area contributed by atoms with Crippen molar-refractivity contribution in [2.45, 2.75) is 12.5 Å². The highest BCUT2D eigenvalue weighted by Crippen LogP contribution is 2.30. The zero-order valence-electron chi connectivity index (χ0n) is 9.84. The van der Waals surface area contributed by atoms with Gasteiger partial charge >= 0.3 is 0 Å². The highest BCUT2D eigenvalue weighted by atomic mass is 127. The zero-order valence-corrected chi connectivity index (χ0v) is 14.3. The summed E-state index contributed by atoms with van der Waals surface area (Å²) in [5.74, 6) is 0. The van der Waals surface area contributed by atoms with Crippen molar-refractivity contribution in [3.8, 4) is 0 Å². The van der Waals surface area contributed by atoms with Gasteiger partial charge in [0.05, 0.1) is 5.02 Å². The van der Waals surface area contributed by atoms with Crippen molar-refractivity contribution in [2.24, 2.45) is 5.73 Å². The molecular formula is C14H11Cl3IN. The first-order chi connectivity index (χ1) is 8.99. The van der Waals surface area contributed by atoms with Gasteiger partial charge in [-0.05, 0) is 64.4 Å². The van der Waals surface area contributed by atoms with E-state index >= 15 is 0 Å². The molecule has 0 radical (unpaired) electrons. The predicted molar refractivity (Wildman–Crippen MR) is 91.3 cm³/mol. The van der Waals surface area contributed by atoms with E-state index in [0.29, 0.717) is 21.5 Å². The molecule has 2 aromatic carbocycles. The summed E-state index contributed by atoms with van der Waals surface area (Å²) in [5, 5.41) is 1.98. The van der Waals surface area contributed by atoms with E-state index in [0.717, 1.165) is 14.7 Å². The van der Waals surface area contributed by atoms with Gasteiger partial charge in [-0.1, -0.05) is 46.9 Å². The molecule has 1 unspecified atom stereocenters. The van der Waals surface area contributed by atoms with Crippen molar-refractivity contribution >= 4 is 57.4 Å². The predicted octanol–water partition coefficient (Wildman–Crippen LogP) is 5.49. The van der Waals surface area contributed by atoms with Crippen LogP contribution in [0.4, 0.5) is 0 Å². The number of hydrogen-bond acceptors (Lipinski definition) is 1. The lowest BCUT2D eigenvalue weighted by Crippen LogP contribution is -2.14. The maximum atomic E-state index is 6.21. The molecule has 19 heavy (non-hydrogen) atoms. The van der Waals surface area contributed by atoms with Gasteiger partial charge in [-0.3, -0.25) is 0 Å². The molecule has 0 aliphatic rings. The molecule has 0 fully saturated rings. The first-order valence-corrected chi connectivity index (χ1v) is 7.83. The van der Waals surface area contributed by atoms with E-state index in [1.807, 2.05) is 36.4 Å². The molecule has 0 spiro atoms. The fourth-order valence-corrected chi connectivity index (χ4v) is 2.88. The summed E-state index contributed by atoms with van der Waals surface area (Å²) in [6.45, 7) is 0.